The molecule has 0 amide bonds. The number of hydrogen-bond acceptors (Lipinski definition) is 5. The highest BCUT2D eigenvalue weighted by atomic mass is 79.9. The maximum absolute atomic E-state index is 5.94. The molecule has 3 rings (SSSR count). The molecule has 2 heterocycles. The molecule has 0 unspecified atom stereocenters. The molecule has 7 heteroatoms. The van der Waals surface area contributed by atoms with Gasteiger partial charge in [0.25, 0.3) is 5.89 Å². The Bertz CT molecular complexity index is 755. The van der Waals surface area contributed by atoms with E-state index in [1.54, 1.807) is 12.3 Å². The largest absolute Gasteiger partial charge is 0.398 e. The van der Waals surface area contributed by atoms with Gasteiger partial charge in [0, 0.05) is 20.8 Å². The van der Waals surface area contributed by atoms with Crippen molar-refractivity contribution in [2.45, 2.75) is 0 Å². The van der Waals surface area contributed by atoms with Crippen LogP contribution in [-0.2, 0) is 0 Å². The van der Waals surface area contributed by atoms with E-state index in [4.69, 9.17) is 10.3 Å². The summed E-state index contributed by atoms with van der Waals surface area (Å²) in [5.41, 5.74) is 7.85. The third-order valence-electron chi connectivity index (χ3n) is 2.63. The van der Waals surface area contributed by atoms with Crippen LogP contribution in [0, 0.1) is 0 Å². The van der Waals surface area contributed by atoms with Crippen molar-refractivity contribution in [1.82, 2.24) is 15.1 Å². The maximum Gasteiger partial charge on any atom is 0.260 e. The van der Waals surface area contributed by atoms with Gasteiger partial charge < -0.3 is 10.3 Å². The summed E-state index contributed by atoms with van der Waals surface area (Å²) in [5.74, 6) is 0.796. The van der Waals surface area contributed by atoms with E-state index in [0.29, 0.717) is 28.7 Å². The number of nitrogens with zero attached hydrogens (tertiary/aromatic N) is 3. The van der Waals surface area contributed by atoms with Gasteiger partial charge in [0.15, 0.2) is 0 Å². The molecular weight excluding hydrogens is 388 g/mol. The molecule has 0 aliphatic heterocycles. The normalized spacial score (nSPS) is 10.7. The van der Waals surface area contributed by atoms with Crippen molar-refractivity contribution in [3.05, 3.63) is 45.5 Å². The predicted molar refractivity (Wildman–Crippen MR) is 82.8 cm³/mol. The van der Waals surface area contributed by atoms with Gasteiger partial charge >= 0.3 is 0 Å². The molecule has 2 N–H and O–H groups in total. The van der Waals surface area contributed by atoms with Gasteiger partial charge in [-0.3, -0.25) is 4.98 Å². The number of pyridine rings is 1. The van der Waals surface area contributed by atoms with Crippen LogP contribution >= 0.6 is 31.9 Å². The van der Waals surface area contributed by atoms with Crippen LogP contribution < -0.4 is 5.73 Å². The summed E-state index contributed by atoms with van der Waals surface area (Å²) < 4.78 is 7.04. The number of hydrogen-bond donors (Lipinski definition) is 1. The van der Waals surface area contributed by atoms with Gasteiger partial charge in [-0.05, 0) is 46.3 Å². The molecule has 0 bridgehead atoms. The van der Waals surface area contributed by atoms with Crippen molar-refractivity contribution in [2.75, 3.05) is 5.73 Å². The van der Waals surface area contributed by atoms with E-state index >= 15 is 0 Å². The van der Waals surface area contributed by atoms with Crippen molar-refractivity contribution in [3.63, 3.8) is 0 Å². The van der Waals surface area contributed by atoms with Gasteiger partial charge in [-0.2, -0.15) is 4.98 Å². The summed E-state index contributed by atoms with van der Waals surface area (Å²) in [7, 11) is 0. The maximum atomic E-state index is 5.94. The molecule has 0 saturated heterocycles. The van der Waals surface area contributed by atoms with E-state index in [1.165, 1.54) is 0 Å². The Morgan fingerprint density at radius 2 is 1.85 bits per heavy atom. The molecule has 0 radical (unpaired) electrons. The lowest BCUT2D eigenvalue weighted by molar-refractivity contribution is 0.432. The predicted octanol–water partition coefficient (Wildman–Crippen LogP) is 3.91. The lowest BCUT2D eigenvalue weighted by Gasteiger charge is -2.00. The number of nitrogens with two attached hydrogens (primary N) is 1. The van der Waals surface area contributed by atoms with E-state index in [1.807, 2.05) is 24.3 Å². The molecule has 0 atom stereocenters. The van der Waals surface area contributed by atoms with Crippen LogP contribution in [0.25, 0.3) is 23.0 Å². The Hall–Kier alpha value is -1.73. The third kappa shape index (κ3) is 2.59. The van der Waals surface area contributed by atoms with Crippen molar-refractivity contribution in [3.8, 4) is 23.0 Å². The Morgan fingerprint density at radius 3 is 2.55 bits per heavy atom. The highest BCUT2D eigenvalue weighted by Gasteiger charge is 2.13. The lowest BCUT2D eigenvalue weighted by Crippen LogP contribution is -1.90. The number of rotatable bonds is 2. The molecule has 5 nitrogen and oxygen atoms in total. The van der Waals surface area contributed by atoms with Gasteiger partial charge in [-0.15, -0.1) is 0 Å². The average molecular weight is 396 g/mol. The van der Waals surface area contributed by atoms with Gasteiger partial charge in [-0.25, -0.2) is 0 Å². The van der Waals surface area contributed by atoms with Gasteiger partial charge in [-0.1, -0.05) is 21.1 Å². The first-order valence-electron chi connectivity index (χ1n) is 5.64. The van der Waals surface area contributed by atoms with Crippen LogP contribution in [0.2, 0.25) is 0 Å². The van der Waals surface area contributed by atoms with Crippen LogP contribution in [0.15, 0.2) is 50.0 Å². The van der Waals surface area contributed by atoms with Crippen LogP contribution in [0.4, 0.5) is 5.69 Å². The highest BCUT2D eigenvalue weighted by molar-refractivity contribution is 9.10. The minimum absolute atomic E-state index is 0.370. The first-order valence-corrected chi connectivity index (χ1v) is 7.23. The fraction of sp³-hybridized carbons (Fsp3) is 0. The Morgan fingerprint density at radius 1 is 1.05 bits per heavy atom. The SMILES string of the molecule is Nc1cc(Br)ccc1-c1nc(-c2ccc(Br)cn2)no1. The lowest BCUT2D eigenvalue weighted by atomic mass is 10.2. The van der Waals surface area contributed by atoms with Crippen LogP contribution in [0.1, 0.15) is 0 Å². The summed E-state index contributed by atoms with van der Waals surface area (Å²) in [6.45, 7) is 0. The molecule has 0 aliphatic carbocycles. The Labute approximate surface area is 131 Å². The second kappa shape index (κ2) is 5.34. The minimum atomic E-state index is 0.370. The van der Waals surface area contributed by atoms with Crippen molar-refractivity contribution < 1.29 is 4.52 Å². The number of halogens is 2. The summed E-state index contributed by atoms with van der Waals surface area (Å²) in [5, 5.41) is 3.92. The fourth-order valence-electron chi connectivity index (χ4n) is 1.67. The zero-order chi connectivity index (χ0) is 14.1. The molecule has 0 aliphatic rings. The molecule has 0 saturated carbocycles. The van der Waals surface area contributed by atoms with Crippen molar-refractivity contribution in [2.24, 2.45) is 0 Å². The van der Waals surface area contributed by atoms with Gasteiger partial charge in [0.05, 0.1) is 5.56 Å². The first kappa shape index (κ1) is 13.3. The summed E-state index contributed by atoms with van der Waals surface area (Å²) in [6.07, 6.45) is 1.68. The monoisotopic (exact) mass is 394 g/mol. The van der Waals surface area contributed by atoms with Crippen molar-refractivity contribution in [1.29, 1.82) is 0 Å². The zero-order valence-electron chi connectivity index (χ0n) is 10.0. The molecule has 100 valence electrons. The van der Waals surface area contributed by atoms with E-state index in [9.17, 15) is 0 Å². The topological polar surface area (TPSA) is 77.8 Å². The Kier molecular flexibility index (Phi) is 3.54. The van der Waals surface area contributed by atoms with E-state index < -0.39 is 0 Å². The molecule has 20 heavy (non-hydrogen) atoms. The second-order valence-corrected chi connectivity index (χ2v) is 5.85. The number of anilines is 1. The summed E-state index contributed by atoms with van der Waals surface area (Å²) in [6, 6.07) is 9.16. The van der Waals surface area contributed by atoms with Crippen LogP contribution in [0.3, 0.4) is 0 Å². The molecule has 1 aromatic carbocycles. The number of aromatic nitrogens is 3. The molecule has 0 spiro atoms. The van der Waals surface area contributed by atoms with Crippen LogP contribution in [-0.4, -0.2) is 15.1 Å². The molecule has 0 fully saturated rings. The quantitative estimate of drug-likeness (QED) is 0.665. The van der Waals surface area contributed by atoms with Crippen LogP contribution in [0.5, 0.6) is 0 Å². The second-order valence-electron chi connectivity index (χ2n) is 4.02. The van der Waals surface area contributed by atoms with Gasteiger partial charge in [0.1, 0.15) is 5.69 Å². The summed E-state index contributed by atoms with van der Waals surface area (Å²) >= 11 is 6.68. The van der Waals surface area contributed by atoms with Crippen molar-refractivity contribution >= 4 is 37.5 Å². The van der Waals surface area contributed by atoms with E-state index in [0.717, 1.165) is 8.95 Å². The standard InChI is InChI=1S/C13H8Br2N4O/c14-7-1-3-9(10(16)5-7)13-18-12(19-20-13)11-4-2-8(15)6-17-11/h1-6H,16H2. The zero-order valence-corrected chi connectivity index (χ0v) is 13.2. The molecule has 3 aromatic rings. The van der Waals surface area contributed by atoms with Gasteiger partial charge in [0.2, 0.25) is 5.82 Å². The smallest absolute Gasteiger partial charge is 0.260 e. The third-order valence-corrected chi connectivity index (χ3v) is 3.59. The Balaban J connectivity index is 1.99. The highest BCUT2D eigenvalue weighted by Crippen LogP contribution is 2.28. The molecular formula is C13H8Br2N4O. The number of benzene rings is 1. The average Bonchev–Trinajstić information content (AvgIpc) is 2.89. The number of nitrogen functional groups attached to an aromatic ring is 1. The van der Waals surface area contributed by atoms with E-state index in [-0.39, 0.29) is 0 Å². The fourth-order valence-corrected chi connectivity index (χ4v) is 2.29. The minimum Gasteiger partial charge on any atom is -0.398 e. The summed E-state index contributed by atoms with van der Waals surface area (Å²) in [4.78, 5) is 8.54. The molecule has 2 aromatic heterocycles. The van der Waals surface area contributed by atoms with E-state index in [2.05, 4.69) is 47.0 Å². The first-order chi connectivity index (χ1) is 9.63.